The quantitative estimate of drug-likeness (QED) is 0.694. The van der Waals surface area contributed by atoms with Crippen molar-refractivity contribution in [1.82, 2.24) is 9.97 Å². The van der Waals surface area contributed by atoms with Crippen molar-refractivity contribution in [2.45, 2.75) is 0 Å². The van der Waals surface area contributed by atoms with E-state index in [0.29, 0.717) is 21.6 Å². The molecule has 0 atom stereocenters. The maximum Gasteiger partial charge on any atom is 0.162 e. The maximum absolute atomic E-state index is 6.06. The number of aromatic nitrogens is 2. The lowest BCUT2D eigenvalue weighted by Gasteiger charge is -2.09. The van der Waals surface area contributed by atoms with E-state index in [1.54, 1.807) is 12.1 Å². The minimum absolute atomic E-state index is 0.469. The molecule has 0 bridgehead atoms. The number of benzene rings is 2. The first kappa shape index (κ1) is 13.9. The molecule has 106 valence electrons. The van der Waals surface area contributed by atoms with Gasteiger partial charge < -0.3 is 11.1 Å². The molecule has 0 radical (unpaired) electrons. The van der Waals surface area contributed by atoms with E-state index < -0.39 is 0 Å². The van der Waals surface area contributed by atoms with E-state index >= 15 is 0 Å². The van der Waals surface area contributed by atoms with Gasteiger partial charge in [0.05, 0.1) is 15.6 Å². The van der Waals surface area contributed by atoms with Gasteiger partial charge in [-0.2, -0.15) is 0 Å². The average Bonchev–Trinajstić information content (AvgIpc) is 2.48. The summed E-state index contributed by atoms with van der Waals surface area (Å²) < 4.78 is 0. The molecule has 1 heterocycles. The molecule has 0 aliphatic carbocycles. The van der Waals surface area contributed by atoms with E-state index in [-0.39, 0.29) is 0 Å². The first-order chi connectivity index (χ1) is 10.1. The van der Waals surface area contributed by atoms with Crippen LogP contribution in [-0.4, -0.2) is 17.0 Å². The molecular weight excluding hydrogens is 307 g/mol. The maximum atomic E-state index is 6.06. The number of anilines is 2. The predicted molar refractivity (Wildman–Crippen MR) is 89.0 cm³/mol. The second-order valence-corrected chi connectivity index (χ2v) is 5.37. The third-order valence-electron chi connectivity index (χ3n) is 3.14. The van der Waals surface area contributed by atoms with Crippen molar-refractivity contribution in [3.05, 3.63) is 46.4 Å². The Morgan fingerprint density at radius 2 is 1.81 bits per heavy atom. The minimum Gasteiger partial charge on any atom is -0.399 e. The van der Waals surface area contributed by atoms with Gasteiger partial charge in [-0.15, -0.1) is 0 Å². The standard InChI is InChI=1S/C15H12Cl2N4/c1-19-15-10-4-3-9(18)7-13(10)20-14(21-15)8-2-5-11(16)12(17)6-8/h2-7H,18H2,1H3,(H,19,20,21). The summed E-state index contributed by atoms with van der Waals surface area (Å²) in [5, 5.41) is 4.96. The molecule has 3 N–H and O–H groups in total. The van der Waals surface area contributed by atoms with Gasteiger partial charge in [-0.05, 0) is 36.4 Å². The van der Waals surface area contributed by atoms with Gasteiger partial charge in [-0.25, -0.2) is 9.97 Å². The molecule has 3 aromatic rings. The van der Waals surface area contributed by atoms with Gasteiger partial charge in [0.15, 0.2) is 5.82 Å². The Labute approximate surface area is 131 Å². The number of rotatable bonds is 2. The highest BCUT2D eigenvalue weighted by molar-refractivity contribution is 6.42. The third kappa shape index (κ3) is 2.60. The largest absolute Gasteiger partial charge is 0.399 e. The summed E-state index contributed by atoms with van der Waals surface area (Å²) in [7, 11) is 1.82. The Bertz CT molecular complexity index is 833. The van der Waals surface area contributed by atoms with Crippen LogP contribution in [0.4, 0.5) is 11.5 Å². The van der Waals surface area contributed by atoms with Crippen LogP contribution in [0.2, 0.25) is 10.0 Å². The summed E-state index contributed by atoms with van der Waals surface area (Å²) in [4.78, 5) is 9.08. The zero-order valence-corrected chi connectivity index (χ0v) is 12.7. The number of hydrogen-bond donors (Lipinski definition) is 2. The van der Waals surface area contributed by atoms with Crippen molar-refractivity contribution in [2.24, 2.45) is 0 Å². The molecule has 0 aliphatic rings. The molecule has 0 fully saturated rings. The monoisotopic (exact) mass is 318 g/mol. The summed E-state index contributed by atoms with van der Waals surface area (Å²) in [5.41, 5.74) is 8.05. The van der Waals surface area contributed by atoms with Gasteiger partial charge in [-0.3, -0.25) is 0 Å². The van der Waals surface area contributed by atoms with Crippen LogP contribution in [0.1, 0.15) is 0 Å². The minimum atomic E-state index is 0.469. The van der Waals surface area contributed by atoms with E-state index in [1.165, 1.54) is 0 Å². The highest BCUT2D eigenvalue weighted by Gasteiger charge is 2.10. The van der Waals surface area contributed by atoms with Gasteiger partial charge >= 0.3 is 0 Å². The lowest BCUT2D eigenvalue weighted by molar-refractivity contribution is 1.21. The van der Waals surface area contributed by atoms with Crippen LogP contribution in [0.3, 0.4) is 0 Å². The van der Waals surface area contributed by atoms with Crippen molar-refractivity contribution in [1.29, 1.82) is 0 Å². The number of fused-ring (bicyclic) bond motifs is 1. The normalized spacial score (nSPS) is 10.8. The molecule has 4 nitrogen and oxygen atoms in total. The Balaban J connectivity index is 2.24. The third-order valence-corrected chi connectivity index (χ3v) is 3.87. The lowest BCUT2D eigenvalue weighted by Crippen LogP contribution is -1.99. The molecule has 0 saturated heterocycles. The van der Waals surface area contributed by atoms with E-state index in [9.17, 15) is 0 Å². The molecular formula is C15H12Cl2N4. The summed E-state index contributed by atoms with van der Waals surface area (Å²) in [5.74, 6) is 1.30. The molecule has 0 amide bonds. The van der Waals surface area contributed by atoms with Gasteiger partial charge in [0, 0.05) is 23.7 Å². The summed E-state index contributed by atoms with van der Waals surface area (Å²) in [6, 6.07) is 10.8. The van der Waals surface area contributed by atoms with E-state index in [1.807, 2.05) is 31.3 Å². The van der Waals surface area contributed by atoms with Crippen LogP contribution in [0.5, 0.6) is 0 Å². The van der Waals surface area contributed by atoms with E-state index in [0.717, 1.165) is 22.3 Å². The van der Waals surface area contributed by atoms with Crippen molar-refractivity contribution >= 4 is 45.6 Å². The van der Waals surface area contributed by atoms with Crippen LogP contribution in [0, 0.1) is 0 Å². The first-order valence-corrected chi connectivity index (χ1v) is 7.04. The second-order valence-electron chi connectivity index (χ2n) is 4.55. The lowest BCUT2D eigenvalue weighted by atomic mass is 10.1. The molecule has 0 unspecified atom stereocenters. The number of nitrogen functional groups attached to an aromatic ring is 1. The van der Waals surface area contributed by atoms with Crippen molar-refractivity contribution in [2.75, 3.05) is 18.1 Å². The number of halogens is 2. The number of nitrogens with one attached hydrogen (secondary N) is 1. The van der Waals surface area contributed by atoms with Crippen LogP contribution in [-0.2, 0) is 0 Å². The van der Waals surface area contributed by atoms with Crippen LogP contribution in [0.15, 0.2) is 36.4 Å². The van der Waals surface area contributed by atoms with Crippen LogP contribution >= 0.6 is 23.2 Å². The molecule has 0 aliphatic heterocycles. The number of nitrogens with zero attached hydrogens (tertiary/aromatic N) is 2. The molecule has 0 spiro atoms. The van der Waals surface area contributed by atoms with Crippen molar-refractivity contribution in [3.63, 3.8) is 0 Å². The fraction of sp³-hybridized carbons (Fsp3) is 0.0667. The van der Waals surface area contributed by atoms with Gasteiger partial charge in [0.2, 0.25) is 0 Å². The Morgan fingerprint density at radius 1 is 1.00 bits per heavy atom. The highest BCUT2D eigenvalue weighted by atomic mass is 35.5. The van der Waals surface area contributed by atoms with Crippen molar-refractivity contribution < 1.29 is 0 Å². The number of nitrogens with two attached hydrogens (primary N) is 1. The van der Waals surface area contributed by atoms with Gasteiger partial charge in [0.25, 0.3) is 0 Å². The summed E-state index contributed by atoms with van der Waals surface area (Å²) >= 11 is 12.0. The summed E-state index contributed by atoms with van der Waals surface area (Å²) in [6.45, 7) is 0. The van der Waals surface area contributed by atoms with Crippen molar-refractivity contribution in [3.8, 4) is 11.4 Å². The SMILES string of the molecule is CNc1nc(-c2ccc(Cl)c(Cl)c2)nc2cc(N)ccc12. The highest BCUT2D eigenvalue weighted by Crippen LogP contribution is 2.30. The topological polar surface area (TPSA) is 63.8 Å². The molecule has 21 heavy (non-hydrogen) atoms. The van der Waals surface area contributed by atoms with Crippen LogP contribution in [0.25, 0.3) is 22.3 Å². The van der Waals surface area contributed by atoms with Crippen LogP contribution < -0.4 is 11.1 Å². The fourth-order valence-electron chi connectivity index (χ4n) is 2.10. The average molecular weight is 319 g/mol. The first-order valence-electron chi connectivity index (χ1n) is 6.29. The smallest absolute Gasteiger partial charge is 0.162 e. The molecule has 1 aromatic heterocycles. The fourth-order valence-corrected chi connectivity index (χ4v) is 2.40. The number of hydrogen-bond acceptors (Lipinski definition) is 4. The Kier molecular flexibility index (Phi) is 3.57. The molecule has 2 aromatic carbocycles. The zero-order valence-electron chi connectivity index (χ0n) is 11.2. The molecule has 6 heteroatoms. The second kappa shape index (κ2) is 5.39. The summed E-state index contributed by atoms with van der Waals surface area (Å²) in [6.07, 6.45) is 0. The van der Waals surface area contributed by atoms with Gasteiger partial charge in [-0.1, -0.05) is 23.2 Å². The Hall–Kier alpha value is -2.04. The Morgan fingerprint density at radius 3 is 2.52 bits per heavy atom. The molecule has 3 rings (SSSR count). The molecule has 0 saturated carbocycles. The van der Waals surface area contributed by atoms with Gasteiger partial charge in [0.1, 0.15) is 5.82 Å². The van der Waals surface area contributed by atoms with E-state index in [2.05, 4.69) is 15.3 Å². The zero-order chi connectivity index (χ0) is 15.0. The predicted octanol–water partition coefficient (Wildman–Crippen LogP) is 4.23. The van der Waals surface area contributed by atoms with E-state index in [4.69, 9.17) is 28.9 Å².